The molecule has 1 saturated heterocycles. The number of carboxylic acid groups (broad SMARTS) is 1. The Morgan fingerprint density at radius 2 is 1.06 bits per heavy atom. The molecule has 0 radical (unpaired) electrons. The van der Waals surface area contributed by atoms with Crippen LogP contribution in [0.3, 0.4) is 0 Å². The summed E-state index contributed by atoms with van der Waals surface area (Å²) in [5, 5.41) is 52.0. The molecule has 0 aliphatic carbocycles. The highest BCUT2D eigenvalue weighted by Crippen LogP contribution is 2.12. The number of nitrogens with two attached hydrogens (primary N) is 4. The topological polar surface area (TPSA) is 480 Å². The number of aromatic nitrogens is 4. The number of rotatable bonds is 31. The van der Waals surface area contributed by atoms with Crippen molar-refractivity contribution in [3.63, 3.8) is 0 Å². The van der Waals surface area contributed by atoms with Gasteiger partial charge in [-0.3, -0.25) is 43.5 Å². The summed E-state index contributed by atoms with van der Waals surface area (Å²) in [6, 6.07) is -10.9. The van der Waals surface area contributed by atoms with Gasteiger partial charge in [0.2, 0.25) is 41.4 Å². The molecule has 2 aromatic heterocycles. The van der Waals surface area contributed by atoms with Crippen LogP contribution in [-0.2, 0) is 51.2 Å². The lowest BCUT2D eigenvalue weighted by molar-refractivity contribution is -0.143. The Kier molecular flexibility index (Phi) is 24.3. The van der Waals surface area contributed by atoms with Gasteiger partial charge in [-0.1, -0.05) is 13.8 Å². The Hall–Kier alpha value is -7.40. The van der Waals surface area contributed by atoms with Gasteiger partial charge in [0, 0.05) is 49.7 Å². The predicted octanol–water partition coefficient (Wildman–Crippen LogP) is -5.94. The quantitative estimate of drug-likeness (QED) is 0.0190. The van der Waals surface area contributed by atoms with Crippen LogP contribution in [0.15, 0.2) is 35.0 Å². The van der Waals surface area contributed by atoms with Crippen molar-refractivity contribution >= 4 is 59.2 Å². The fourth-order valence-electron chi connectivity index (χ4n) is 7.46. The molecule has 3 rings (SSSR count). The van der Waals surface area contributed by atoms with Gasteiger partial charge in [-0.15, -0.1) is 0 Å². The number of guanidine groups is 2. The Bertz CT molecular complexity index is 2140. The maximum atomic E-state index is 14.2. The zero-order valence-corrected chi connectivity index (χ0v) is 40.9. The third-order valence-electron chi connectivity index (χ3n) is 11.2. The average molecular weight is 1020 g/mol. The first-order valence-electron chi connectivity index (χ1n) is 23.6. The zero-order valence-electron chi connectivity index (χ0n) is 40.9. The molecule has 400 valence electrons. The molecule has 0 aromatic carbocycles. The van der Waals surface area contributed by atoms with Gasteiger partial charge in [0.1, 0.15) is 42.3 Å². The van der Waals surface area contributed by atoms with E-state index in [9.17, 15) is 53.7 Å². The van der Waals surface area contributed by atoms with Crippen LogP contribution in [-0.4, -0.2) is 175 Å². The minimum absolute atomic E-state index is 0.00469. The second-order valence-electron chi connectivity index (χ2n) is 17.8. The summed E-state index contributed by atoms with van der Waals surface area (Å²) in [5.41, 5.74) is 22.6. The molecule has 10 atom stereocenters. The van der Waals surface area contributed by atoms with Gasteiger partial charge in [0.25, 0.3) is 0 Å². The number of nitrogens with zero attached hydrogens (tertiary/aromatic N) is 4. The standard InChI is InChI=1S/C43H72N18O11/c1-21(2)14-29(37(67)58-30(15-24-17-48-19-53-24)38(68)61-33(23(4)63)40(70)59-31(41(71)72)16-25-18-49-20-54-25)57-35(65)27(9-6-12-51-42(44)45)56-39(69)32(22(3)62)60-36(66)28(10-7-13-52-43(46)47)55-34(64)26-8-5-11-50-26/h17-23,26-33,50,62-63H,5-16H2,1-4H3,(H,48,53)(H,49,54)(H,55,64)(H,56,69)(H,57,65)(H,58,67)(H,59,70)(H,60,66)(H,61,68)(H,71,72)(H4,44,45,51)(H4,46,47,52)/t22-,23-,26-,27-,28-,29-,30-,31-,32-,33-/m1/s1. The Morgan fingerprint density at radius 3 is 1.49 bits per heavy atom. The lowest BCUT2D eigenvalue weighted by Gasteiger charge is -2.29. The predicted molar refractivity (Wildman–Crippen MR) is 259 cm³/mol. The normalized spacial score (nSPS) is 17.0. The van der Waals surface area contributed by atoms with Crippen molar-refractivity contribution < 1.29 is 53.7 Å². The van der Waals surface area contributed by atoms with Crippen LogP contribution in [0.1, 0.15) is 84.0 Å². The number of imidazole rings is 2. The van der Waals surface area contributed by atoms with Crippen LogP contribution in [0.5, 0.6) is 0 Å². The van der Waals surface area contributed by atoms with E-state index >= 15 is 0 Å². The molecule has 0 unspecified atom stereocenters. The molecule has 3 heterocycles. The molecule has 0 saturated carbocycles. The van der Waals surface area contributed by atoms with Crippen molar-refractivity contribution in [2.75, 3.05) is 19.6 Å². The van der Waals surface area contributed by atoms with Gasteiger partial charge in [0.05, 0.1) is 30.9 Å². The van der Waals surface area contributed by atoms with Crippen LogP contribution in [0.4, 0.5) is 0 Å². The first kappa shape index (κ1) is 58.9. The highest BCUT2D eigenvalue weighted by atomic mass is 16.4. The van der Waals surface area contributed by atoms with E-state index in [1.165, 1.54) is 38.9 Å². The van der Waals surface area contributed by atoms with Gasteiger partial charge in [-0.2, -0.15) is 0 Å². The summed E-state index contributed by atoms with van der Waals surface area (Å²) in [5.74, 6) is -8.12. The number of aliphatic hydroxyl groups excluding tert-OH is 2. The number of aromatic amines is 2. The fourth-order valence-corrected chi connectivity index (χ4v) is 7.46. The Balaban J connectivity index is 1.86. The third kappa shape index (κ3) is 20.5. The highest BCUT2D eigenvalue weighted by molar-refractivity contribution is 5.98. The molecule has 21 N–H and O–H groups in total. The molecule has 29 nitrogen and oxygen atoms in total. The van der Waals surface area contributed by atoms with Crippen molar-refractivity contribution in [3.05, 3.63) is 36.4 Å². The molecule has 0 spiro atoms. The van der Waals surface area contributed by atoms with Gasteiger partial charge >= 0.3 is 5.97 Å². The summed E-state index contributed by atoms with van der Waals surface area (Å²) in [4.78, 5) is 130. The van der Waals surface area contributed by atoms with Crippen LogP contribution < -0.4 is 65.5 Å². The average Bonchev–Trinajstić information content (AvgIpc) is 4.14. The van der Waals surface area contributed by atoms with Crippen molar-refractivity contribution in [3.8, 4) is 0 Å². The number of nitrogens with one attached hydrogen (secondary N) is 10. The SMILES string of the molecule is CC(C)C[C@@H](NC(=O)[C@@H](CCCN=C(N)N)NC(=O)[C@H](NC(=O)[C@@H](CCCN=C(N)N)NC(=O)[C@H]1CCCN1)[C@@H](C)O)C(=O)N[C@H](Cc1cnc[nH]1)C(=O)N[C@@H](C(=O)N[C@H](Cc1cnc[nH]1)C(=O)O)[C@@H](C)O. The van der Waals surface area contributed by atoms with Crippen LogP contribution >= 0.6 is 0 Å². The van der Waals surface area contributed by atoms with Gasteiger partial charge in [0.15, 0.2) is 11.9 Å². The zero-order chi connectivity index (χ0) is 53.5. The van der Waals surface area contributed by atoms with Gasteiger partial charge < -0.3 is 90.8 Å². The van der Waals surface area contributed by atoms with E-state index in [1.807, 2.05) is 0 Å². The summed E-state index contributed by atoms with van der Waals surface area (Å²) >= 11 is 0. The van der Waals surface area contributed by atoms with E-state index in [2.05, 4.69) is 72.5 Å². The Morgan fingerprint density at radius 1 is 0.625 bits per heavy atom. The molecule has 2 aromatic rings. The smallest absolute Gasteiger partial charge is 0.326 e. The number of amides is 7. The van der Waals surface area contributed by atoms with E-state index in [0.29, 0.717) is 24.4 Å². The largest absolute Gasteiger partial charge is 0.480 e. The van der Waals surface area contributed by atoms with Crippen LogP contribution in [0, 0.1) is 5.92 Å². The second kappa shape index (κ2) is 29.7. The summed E-state index contributed by atoms with van der Waals surface area (Å²) in [6.45, 7) is 6.70. The number of hydrogen-bond acceptors (Lipinski definition) is 15. The molecule has 7 amide bonds. The van der Waals surface area contributed by atoms with Gasteiger partial charge in [-0.25, -0.2) is 14.8 Å². The lowest BCUT2D eigenvalue weighted by Crippen LogP contribution is -2.62. The number of aliphatic imine (C=N–C) groups is 2. The maximum Gasteiger partial charge on any atom is 0.326 e. The van der Waals surface area contributed by atoms with E-state index in [0.717, 1.165) is 6.42 Å². The van der Waals surface area contributed by atoms with Crippen molar-refractivity contribution in [1.82, 2.24) is 62.5 Å². The molecule has 1 aliphatic rings. The Labute approximate surface area is 415 Å². The first-order chi connectivity index (χ1) is 34.1. The monoisotopic (exact) mass is 1020 g/mol. The van der Waals surface area contributed by atoms with Crippen molar-refractivity contribution in [2.24, 2.45) is 38.8 Å². The number of H-pyrrole nitrogens is 2. The minimum Gasteiger partial charge on any atom is -0.480 e. The van der Waals surface area contributed by atoms with E-state index < -0.39 is 108 Å². The third-order valence-corrected chi connectivity index (χ3v) is 11.2. The first-order valence-corrected chi connectivity index (χ1v) is 23.6. The van der Waals surface area contributed by atoms with Crippen LogP contribution in [0.2, 0.25) is 0 Å². The summed E-state index contributed by atoms with van der Waals surface area (Å²) < 4.78 is 0. The number of aliphatic carboxylic acids is 1. The van der Waals surface area contributed by atoms with Crippen molar-refractivity contribution in [2.45, 2.75) is 146 Å². The number of carboxylic acids is 1. The van der Waals surface area contributed by atoms with E-state index in [-0.39, 0.29) is 75.9 Å². The summed E-state index contributed by atoms with van der Waals surface area (Å²) in [6.07, 6.45) is 3.43. The molecule has 0 bridgehead atoms. The highest BCUT2D eigenvalue weighted by Gasteiger charge is 2.37. The molecular formula is C43H72N18O11. The maximum absolute atomic E-state index is 14.2. The number of carbonyl (C=O) groups is 8. The number of carbonyl (C=O) groups excluding carboxylic acids is 7. The van der Waals surface area contributed by atoms with Crippen molar-refractivity contribution in [1.29, 1.82) is 0 Å². The second-order valence-corrected chi connectivity index (χ2v) is 17.8. The molecule has 72 heavy (non-hydrogen) atoms. The van der Waals surface area contributed by atoms with E-state index in [4.69, 9.17) is 22.9 Å². The molecule has 1 aliphatic heterocycles. The van der Waals surface area contributed by atoms with E-state index in [1.54, 1.807) is 13.8 Å². The number of hydrogen-bond donors (Lipinski definition) is 17. The lowest BCUT2D eigenvalue weighted by atomic mass is 10.0. The number of aliphatic hydroxyl groups is 2. The molecular weight excluding hydrogens is 945 g/mol. The fraction of sp³-hybridized carbons (Fsp3) is 0.628. The molecule has 1 fully saturated rings. The summed E-state index contributed by atoms with van der Waals surface area (Å²) in [7, 11) is 0. The van der Waals surface area contributed by atoms with Crippen LogP contribution in [0.25, 0.3) is 0 Å². The minimum atomic E-state index is -1.71. The molecule has 29 heteroatoms. The van der Waals surface area contributed by atoms with Gasteiger partial charge in [-0.05, 0) is 71.3 Å².